The van der Waals surface area contributed by atoms with Crippen molar-refractivity contribution in [2.24, 2.45) is 0 Å². The molecule has 2 N–H and O–H groups in total. The summed E-state index contributed by atoms with van der Waals surface area (Å²) in [5.74, 6) is 2.70. The van der Waals surface area contributed by atoms with Gasteiger partial charge < -0.3 is 25.0 Å². The molecule has 1 unspecified atom stereocenters. The SMILES string of the molecule is COc1cc(N2CCOCC2)ccc1Nc1ncc2c(n1)NCC2C. The van der Waals surface area contributed by atoms with Crippen molar-refractivity contribution in [2.45, 2.75) is 12.8 Å². The number of nitrogens with zero attached hydrogens (tertiary/aromatic N) is 3. The third-order valence-corrected chi connectivity index (χ3v) is 4.73. The quantitative estimate of drug-likeness (QED) is 0.885. The average molecular weight is 341 g/mol. The Labute approximate surface area is 147 Å². The highest BCUT2D eigenvalue weighted by Gasteiger charge is 2.20. The van der Waals surface area contributed by atoms with E-state index in [-0.39, 0.29) is 0 Å². The maximum Gasteiger partial charge on any atom is 0.229 e. The highest BCUT2D eigenvalue weighted by molar-refractivity contribution is 5.69. The molecule has 0 radical (unpaired) electrons. The molecule has 0 aliphatic carbocycles. The molecule has 4 rings (SSSR count). The van der Waals surface area contributed by atoms with E-state index in [1.54, 1.807) is 7.11 Å². The minimum atomic E-state index is 0.450. The van der Waals surface area contributed by atoms with Crippen molar-refractivity contribution in [3.05, 3.63) is 30.0 Å². The average Bonchev–Trinajstić information content (AvgIpc) is 3.03. The third kappa shape index (κ3) is 3.19. The Kier molecular flexibility index (Phi) is 4.31. The number of methoxy groups -OCH3 is 1. The lowest BCUT2D eigenvalue weighted by Crippen LogP contribution is -2.36. The van der Waals surface area contributed by atoms with Crippen molar-refractivity contribution in [1.82, 2.24) is 9.97 Å². The Morgan fingerprint density at radius 3 is 2.96 bits per heavy atom. The van der Waals surface area contributed by atoms with Gasteiger partial charge in [0.2, 0.25) is 5.95 Å². The number of aromatic nitrogens is 2. The Bertz CT molecular complexity index is 761. The summed E-state index contributed by atoms with van der Waals surface area (Å²) in [5, 5.41) is 6.58. The van der Waals surface area contributed by atoms with E-state index in [4.69, 9.17) is 9.47 Å². The normalized spacial score (nSPS) is 19.3. The summed E-state index contributed by atoms with van der Waals surface area (Å²) >= 11 is 0. The molecule has 0 bridgehead atoms. The van der Waals surface area contributed by atoms with Gasteiger partial charge >= 0.3 is 0 Å². The van der Waals surface area contributed by atoms with E-state index < -0.39 is 0 Å². The van der Waals surface area contributed by atoms with Gasteiger partial charge in [-0.25, -0.2) is 4.98 Å². The molecule has 25 heavy (non-hydrogen) atoms. The highest BCUT2D eigenvalue weighted by Crippen LogP contribution is 2.33. The number of benzene rings is 1. The molecule has 0 spiro atoms. The first-order valence-electron chi connectivity index (χ1n) is 8.63. The molecule has 0 amide bonds. The van der Waals surface area contributed by atoms with E-state index in [1.807, 2.05) is 18.3 Å². The number of fused-ring (bicyclic) bond motifs is 1. The summed E-state index contributed by atoms with van der Waals surface area (Å²) in [6.45, 7) is 6.39. The van der Waals surface area contributed by atoms with Crippen LogP contribution in [-0.2, 0) is 4.74 Å². The number of nitrogens with one attached hydrogen (secondary N) is 2. The standard InChI is InChI=1S/C18H23N5O2/c1-12-10-19-17-14(12)11-20-18(22-17)21-15-4-3-13(9-16(15)24-2)23-5-7-25-8-6-23/h3-4,9,11-12H,5-8,10H2,1-2H3,(H2,19,20,21,22). The van der Waals surface area contributed by atoms with Crippen LogP contribution in [0.3, 0.4) is 0 Å². The third-order valence-electron chi connectivity index (χ3n) is 4.73. The molecule has 0 saturated carbocycles. The Balaban J connectivity index is 1.56. The number of ether oxygens (including phenoxy) is 2. The molecule has 7 heteroatoms. The highest BCUT2D eigenvalue weighted by atomic mass is 16.5. The number of hydrogen-bond acceptors (Lipinski definition) is 7. The fourth-order valence-electron chi connectivity index (χ4n) is 3.24. The fourth-order valence-corrected chi connectivity index (χ4v) is 3.24. The van der Waals surface area contributed by atoms with Crippen molar-refractivity contribution < 1.29 is 9.47 Å². The molecule has 1 saturated heterocycles. The molecule has 2 aromatic rings. The van der Waals surface area contributed by atoms with E-state index in [0.29, 0.717) is 11.9 Å². The zero-order chi connectivity index (χ0) is 17.2. The predicted octanol–water partition coefficient (Wildman–Crippen LogP) is 2.59. The van der Waals surface area contributed by atoms with Crippen LogP contribution < -0.4 is 20.3 Å². The van der Waals surface area contributed by atoms with Gasteiger partial charge in [0.05, 0.1) is 26.0 Å². The Morgan fingerprint density at radius 1 is 1.32 bits per heavy atom. The lowest BCUT2D eigenvalue weighted by molar-refractivity contribution is 0.122. The van der Waals surface area contributed by atoms with Crippen LogP contribution in [0, 0.1) is 0 Å². The summed E-state index contributed by atoms with van der Waals surface area (Å²) in [5.41, 5.74) is 3.15. The van der Waals surface area contributed by atoms with E-state index >= 15 is 0 Å². The van der Waals surface area contributed by atoms with Crippen LogP contribution in [-0.4, -0.2) is 49.9 Å². The smallest absolute Gasteiger partial charge is 0.229 e. The van der Waals surface area contributed by atoms with Crippen LogP contribution in [0.1, 0.15) is 18.4 Å². The molecule has 3 heterocycles. The van der Waals surface area contributed by atoms with Crippen molar-refractivity contribution in [3.8, 4) is 5.75 Å². The van der Waals surface area contributed by atoms with Crippen molar-refractivity contribution >= 4 is 23.1 Å². The first-order chi connectivity index (χ1) is 12.2. The molecule has 1 aromatic carbocycles. The van der Waals surface area contributed by atoms with E-state index in [0.717, 1.165) is 55.8 Å². The van der Waals surface area contributed by atoms with Crippen molar-refractivity contribution in [3.63, 3.8) is 0 Å². The van der Waals surface area contributed by atoms with Crippen molar-refractivity contribution in [2.75, 3.05) is 55.5 Å². The van der Waals surface area contributed by atoms with Gasteiger partial charge in [0.25, 0.3) is 0 Å². The molecule has 1 aromatic heterocycles. The van der Waals surface area contributed by atoms with E-state index in [1.165, 1.54) is 5.56 Å². The maximum absolute atomic E-state index is 5.57. The van der Waals surface area contributed by atoms with Gasteiger partial charge in [-0.2, -0.15) is 4.98 Å². The van der Waals surface area contributed by atoms with Crippen molar-refractivity contribution in [1.29, 1.82) is 0 Å². The fraction of sp³-hybridized carbons (Fsp3) is 0.444. The van der Waals surface area contributed by atoms with Gasteiger partial charge in [-0.3, -0.25) is 0 Å². The zero-order valence-corrected chi connectivity index (χ0v) is 14.6. The van der Waals surface area contributed by atoms with Gasteiger partial charge in [-0.05, 0) is 12.1 Å². The summed E-state index contributed by atoms with van der Waals surface area (Å²) < 4.78 is 11.0. The number of morpholine rings is 1. The van der Waals surface area contributed by atoms with Crippen LogP contribution in [0.25, 0.3) is 0 Å². The minimum Gasteiger partial charge on any atom is -0.494 e. The van der Waals surface area contributed by atoms with Crippen LogP contribution >= 0.6 is 0 Å². The summed E-state index contributed by atoms with van der Waals surface area (Å²) in [7, 11) is 1.68. The molecule has 1 fully saturated rings. The Morgan fingerprint density at radius 2 is 2.16 bits per heavy atom. The molecule has 132 valence electrons. The molecular weight excluding hydrogens is 318 g/mol. The van der Waals surface area contributed by atoms with Crippen LogP contribution in [0.2, 0.25) is 0 Å². The lowest BCUT2D eigenvalue weighted by Gasteiger charge is -2.29. The molecule has 2 aliphatic rings. The molecule has 1 atom stereocenters. The van der Waals surface area contributed by atoms with Gasteiger partial charge in [0.1, 0.15) is 11.6 Å². The summed E-state index contributed by atoms with van der Waals surface area (Å²) in [6, 6.07) is 6.14. The topological polar surface area (TPSA) is 71.5 Å². The molecule has 2 aliphatic heterocycles. The second-order valence-corrected chi connectivity index (χ2v) is 6.39. The van der Waals surface area contributed by atoms with E-state index in [2.05, 4.69) is 38.5 Å². The van der Waals surface area contributed by atoms with Gasteiger partial charge in [-0.1, -0.05) is 6.92 Å². The minimum absolute atomic E-state index is 0.450. The van der Waals surface area contributed by atoms with Crippen LogP contribution in [0.5, 0.6) is 5.75 Å². The largest absolute Gasteiger partial charge is 0.494 e. The van der Waals surface area contributed by atoms with Crippen LogP contribution in [0.15, 0.2) is 24.4 Å². The first-order valence-corrected chi connectivity index (χ1v) is 8.63. The van der Waals surface area contributed by atoms with Gasteiger partial charge in [-0.15, -0.1) is 0 Å². The number of anilines is 4. The molecule has 7 nitrogen and oxygen atoms in total. The summed E-state index contributed by atoms with van der Waals surface area (Å²) in [6.07, 6.45) is 1.89. The second-order valence-electron chi connectivity index (χ2n) is 6.39. The lowest BCUT2D eigenvalue weighted by atomic mass is 10.1. The number of rotatable bonds is 4. The molecular formula is C18H23N5O2. The van der Waals surface area contributed by atoms with Gasteiger partial charge in [0.15, 0.2) is 0 Å². The first kappa shape index (κ1) is 16.0. The second kappa shape index (κ2) is 6.76. The number of hydrogen-bond donors (Lipinski definition) is 2. The zero-order valence-electron chi connectivity index (χ0n) is 14.6. The maximum atomic E-state index is 5.57. The van der Waals surface area contributed by atoms with Gasteiger partial charge in [0, 0.05) is 49.1 Å². The predicted molar refractivity (Wildman–Crippen MR) is 98.2 cm³/mol. The van der Waals surface area contributed by atoms with Crippen LogP contribution in [0.4, 0.5) is 23.1 Å². The Hall–Kier alpha value is -2.54. The van der Waals surface area contributed by atoms with E-state index in [9.17, 15) is 0 Å². The summed E-state index contributed by atoms with van der Waals surface area (Å²) in [4.78, 5) is 11.3. The monoisotopic (exact) mass is 341 g/mol.